The van der Waals surface area contributed by atoms with Crippen molar-refractivity contribution < 1.29 is 8.42 Å². The molecule has 1 aromatic heterocycles. The van der Waals surface area contributed by atoms with Crippen molar-refractivity contribution >= 4 is 27.3 Å². The minimum atomic E-state index is -2.91. The zero-order chi connectivity index (χ0) is 12.3. The number of hydrogen-bond donors (Lipinski definition) is 1. The smallest absolute Gasteiger partial charge is 0.148 e. The van der Waals surface area contributed by atoms with Crippen LogP contribution in [0.1, 0.15) is 12.6 Å². The molecule has 0 saturated heterocycles. The molecule has 0 unspecified atom stereocenters. The van der Waals surface area contributed by atoms with Gasteiger partial charge in [-0.15, -0.1) is 11.8 Å². The van der Waals surface area contributed by atoms with Gasteiger partial charge in [0.15, 0.2) is 0 Å². The molecule has 92 valence electrons. The van der Waals surface area contributed by atoms with E-state index >= 15 is 0 Å². The Bertz CT molecular complexity index is 465. The molecule has 1 heterocycles. The fraction of sp³-hybridized carbons (Fsp3) is 0.667. The van der Waals surface area contributed by atoms with Crippen molar-refractivity contribution in [1.29, 1.82) is 0 Å². The van der Waals surface area contributed by atoms with E-state index in [2.05, 4.69) is 5.10 Å². The Balaban J connectivity index is 2.73. The fourth-order valence-corrected chi connectivity index (χ4v) is 3.59. The van der Waals surface area contributed by atoms with Crippen LogP contribution in [0.25, 0.3) is 0 Å². The van der Waals surface area contributed by atoms with Gasteiger partial charge >= 0.3 is 0 Å². The average molecular weight is 263 g/mol. The number of nitrogens with two attached hydrogens (primary N) is 1. The molecule has 0 aliphatic rings. The number of aryl methyl sites for hydroxylation is 2. The zero-order valence-electron chi connectivity index (χ0n) is 9.73. The van der Waals surface area contributed by atoms with Crippen LogP contribution in [0.4, 0.5) is 5.69 Å². The summed E-state index contributed by atoms with van der Waals surface area (Å²) in [5.74, 6) is 0.666. The van der Waals surface area contributed by atoms with E-state index in [0.29, 0.717) is 11.4 Å². The molecule has 0 spiro atoms. The summed E-state index contributed by atoms with van der Waals surface area (Å²) in [6.45, 7) is 4.56. The van der Waals surface area contributed by atoms with Crippen LogP contribution in [-0.2, 0) is 16.4 Å². The molecule has 0 atom stereocenters. The van der Waals surface area contributed by atoms with Crippen LogP contribution in [0.2, 0.25) is 0 Å². The van der Waals surface area contributed by atoms with Gasteiger partial charge in [-0.05, 0) is 13.8 Å². The number of nitrogens with zero attached hydrogens (tertiary/aromatic N) is 2. The highest BCUT2D eigenvalue weighted by atomic mass is 32.2. The van der Waals surface area contributed by atoms with E-state index in [0.717, 1.165) is 17.3 Å². The van der Waals surface area contributed by atoms with Crippen molar-refractivity contribution in [2.24, 2.45) is 0 Å². The Kier molecular flexibility index (Phi) is 4.26. The number of nitrogen functional groups attached to an aromatic ring is 1. The molecule has 0 amide bonds. The van der Waals surface area contributed by atoms with Gasteiger partial charge < -0.3 is 5.73 Å². The summed E-state index contributed by atoms with van der Waals surface area (Å²) in [7, 11) is -2.91. The van der Waals surface area contributed by atoms with Gasteiger partial charge in [0.1, 0.15) is 14.9 Å². The van der Waals surface area contributed by atoms with Crippen molar-refractivity contribution in [3.8, 4) is 0 Å². The highest BCUT2D eigenvalue weighted by molar-refractivity contribution is 8.00. The third kappa shape index (κ3) is 3.41. The van der Waals surface area contributed by atoms with Crippen LogP contribution in [0.3, 0.4) is 0 Å². The largest absolute Gasteiger partial charge is 0.395 e. The maximum absolute atomic E-state index is 11.0. The Labute approximate surface area is 100 Å². The van der Waals surface area contributed by atoms with E-state index in [1.807, 2.05) is 13.8 Å². The molecule has 5 nitrogen and oxygen atoms in total. The number of anilines is 1. The molecule has 0 aliphatic heterocycles. The van der Waals surface area contributed by atoms with Crippen molar-refractivity contribution in [2.75, 3.05) is 23.5 Å². The first kappa shape index (κ1) is 13.4. The van der Waals surface area contributed by atoms with Gasteiger partial charge in [0.05, 0.1) is 17.1 Å². The lowest BCUT2D eigenvalue weighted by molar-refractivity contribution is 0.600. The van der Waals surface area contributed by atoms with Crippen LogP contribution in [0.5, 0.6) is 0 Å². The number of rotatable bonds is 5. The van der Waals surface area contributed by atoms with Gasteiger partial charge in [0.2, 0.25) is 0 Å². The molecule has 0 aliphatic carbocycles. The first-order chi connectivity index (χ1) is 7.35. The predicted molar refractivity (Wildman–Crippen MR) is 67.5 cm³/mol. The van der Waals surface area contributed by atoms with Crippen molar-refractivity contribution in [3.63, 3.8) is 0 Å². The van der Waals surface area contributed by atoms with Crippen molar-refractivity contribution in [2.45, 2.75) is 25.4 Å². The Hall–Kier alpha value is -0.690. The highest BCUT2D eigenvalue weighted by Crippen LogP contribution is 2.27. The maximum Gasteiger partial charge on any atom is 0.148 e. The second kappa shape index (κ2) is 5.09. The molecule has 0 radical (unpaired) electrons. The number of thioether (sulfide) groups is 1. The standard InChI is InChI=1S/C9H17N3O2S2/c1-4-12-9(8(10)7(2)11-12)15-5-6-16(3,13)14/h4-6,10H2,1-3H3. The SMILES string of the molecule is CCn1nc(C)c(N)c1SCCS(C)(=O)=O. The summed E-state index contributed by atoms with van der Waals surface area (Å²) in [4.78, 5) is 0. The third-order valence-electron chi connectivity index (χ3n) is 2.12. The summed E-state index contributed by atoms with van der Waals surface area (Å²) >= 11 is 1.44. The minimum absolute atomic E-state index is 0.158. The lowest BCUT2D eigenvalue weighted by atomic mass is 10.4. The molecule has 2 N–H and O–H groups in total. The maximum atomic E-state index is 11.0. The molecular formula is C9H17N3O2S2. The van der Waals surface area contributed by atoms with Crippen molar-refractivity contribution in [3.05, 3.63) is 5.69 Å². The normalized spacial score (nSPS) is 11.9. The predicted octanol–water partition coefficient (Wildman–Crippen LogP) is 0.930. The second-order valence-corrected chi connectivity index (χ2v) is 6.94. The molecular weight excluding hydrogens is 246 g/mol. The Morgan fingerprint density at radius 2 is 2.12 bits per heavy atom. The van der Waals surface area contributed by atoms with Gasteiger partial charge in [-0.2, -0.15) is 5.10 Å². The van der Waals surface area contributed by atoms with Gasteiger partial charge in [-0.25, -0.2) is 8.42 Å². The lowest BCUT2D eigenvalue weighted by Gasteiger charge is -2.04. The van der Waals surface area contributed by atoms with Crippen LogP contribution in [-0.4, -0.2) is 36.0 Å². The summed E-state index contributed by atoms with van der Waals surface area (Å²) in [6, 6.07) is 0. The summed E-state index contributed by atoms with van der Waals surface area (Å²) in [6.07, 6.45) is 1.24. The first-order valence-electron chi connectivity index (χ1n) is 4.98. The molecule has 1 aromatic rings. The molecule has 16 heavy (non-hydrogen) atoms. The van der Waals surface area contributed by atoms with E-state index in [9.17, 15) is 8.42 Å². The Morgan fingerprint density at radius 1 is 1.50 bits per heavy atom. The number of hydrogen-bond acceptors (Lipinski definition) is 5. The van der Waals surface area contributed by atoms with E-state index in [1.54, 1.807) is 4.68 Å². The van der Waals surface area contributed by atoms with Gasteiger partial charge in [0.25, 0.3) is 0 Å². The van der Waals surface area contributed by atoms with Gasteiger partial charge in [-0.3, -0.25) is 4.68 Å². The van der Waals surface area contributed by atoms with Crippen LogP contribution >= 0.6 is 11.8 Å². The van der Waals surface area contributed by atoms with Gasteiger partial charge in [0, 0.05) is 18.6 Å². The minimum Gasteiger partial charge on any atom is -0.395 e. The van der Waals surface area contributed by atoms with E-state index < -0.39 is 9.84 Å². The quantitative estimate of drug-likeness (QED) is 0.800. The molecule has 1 rings (SSSR count). The van der Waals surface area contributed by atoms with E-state index in [4.69, 9.17) is 5.73 Å². The molecule has 0 bridgehead atoms. The van der Waals surface area contributed by atoms with E-state index in [-0.39, 0.29) is 5.75 Å². The van der Waals surface area contributed by atoms with E-state index in [1.165, 1.54) is 18.0 Å². The molecule has 0 aromatic carbocycles. The average Bonchev–Trinajstić information content (AvgIpc) is 2.43. The molecule has 7 heteroatoms. The highest BCUT2D eigenvalue weighted by Gasteiger charge is 2.12. The number of sulfone groups is 1. The second-order valence-electron chi connectivity index (χ2n) is 3.60. The van der Waals surface area contributed by atoms with Crippen molar-refractivity contribution in [1.82, 2.24) is 9.78 Å². The monoisotopic (exact) mass is 263 g/mol. The zero-order valence-corrected chi connectivity index (χ0v) is 11.4. The van der Waals surface area contributed by atoms with Crippen LogP contribution < -0.4 is 5.73 Å². The summed E-state index contributed by atoms with van der Waals surface area (Å²) in [5, 5.41) is 5.13. The van der Waals surface area contributed by atoms with Crippen LogP contribution in [0.15, 0.2) is 5.03 Å². The lowest BCUT2D eigenvalue weighted by Crippen LogP contribution is -2.06. The third-order valence-corrected chi connectivity index (χ3v) is 4.43. The molecule has 0 saturated carbocycles. The topological polar surface area (TPSA) is 78.0 Å². The molecule has 0 fully saturated rings. The Morgan fingerprint density at radius 3 is 2.62 bits per heavy atom. The first-order valence-corrected chi connectivity index (χ1v) is 8.03. The fourth-order valence-electron chi connectivity index (χ4n) is 1.23. The van der Waals surface area contributed by atoms with Crippen LogP contribution in [0, 0.1) is 6.92 Å². The number of aromatic nitrogens is 2. The summed E-state index contributed by atoms with van der Waals surface area (Å²) < 4.78 is 23.8. The summed E-state index contributed by atoms with van der Waals surface area (Å²) in [5.41, 5.74) is 7.32. The van der Waals surface area contributed by atoms with Gasteiger partial charge in [-0.1, -0.05) is 0 Å².